The summed E-state index contributed by atoms with van der Waals surface area (Å²) in [6, 6.07) is 7.27. The largest absolute Gasteiger partial charge is 0.497 e. The van der Waals surface area contributed by atoms with Crippen LogP contribution in [0.5, 0.6) is 11.5 Å². The van der Waals surface area contributed by atoms with Gasteiger partial charge in [-0.1, -0.05) is 0 Å². The van der Waals surface area contributed by atoms with Crippen molar-refractivity contribution in [2.75, 3.05) is 20.3 Å². The molecular formula is C16H23NO4. The molecule has 5 nitrogen and oxygen atoms in total. The van der Waals surface area contributed by atoms with Crippen LogP contribution in [0.3, 0.4) is 0 Å². The maximum Gasteiger partial charge on any atom is 0.223 e. The van der Waals surface area contributed by atoms with E-state index in [-0.39, 0.29) is 12.0 Å². The smallest absolute Gasteiger partial charge is 0.223 e. The normalized spacial score (nSPS) is 21.0. The lowest BCUT2D eigenvalue weighted by atomic mass is 10.1. The van der Waals surface area contributed by atoms with Crippen molar-refractivity contribution in [1.82, 2.24) is 5.32 Å². The van der Waals surface area contributed by atoms with Crippen LogP contribution in [-0.2, 0) is 4.79 Å². The number of benzene rings is 1. The molecule has 1 aromatic carbocycles. The van der Waals surface area contributed by atoms with Crippen molar-refractivity contribution in [2.24, 2.45) is 5.92 Å². The summed E-state index contributed by atoms with van der Waals surface area (Å²) in [6.45, 7) is 1.00. The molecule has 0 bridgehead atoms. The van der Waals surface area contributed by atoms with Gasteiger partial charge in [0, 0.05) is 6.54 Å². The SMILES string of the molecule is COc1ccc(OCCC(=O)NCC2CCC(O)C2)cc1. The molecule has 21 heavy (non-hydrogen) atoms. The van der Waals surface area contributed by atoms with Crippen LogP contribution in [0.25, 0.3) is 0 Å². The first-order chi connectivity index (χ1) is 10.2. The van der Waals surface area contributed by atoms with Gasteiger partial charge in [-0.3, -0.25) is 4.79 Å². The molecule has 1 aliphatic rings. The van der Waals surface area contributed by atoms with Crippen molar-refractivity contribution in [2.45, 2.75) is 31.8 Å². The molecule has 5 heteroatoms. The molecule has 1 fully saturated rings. The highest BCUT2D eigenvalue weighted by Crippen LogP contribution is 2.24. The Hall–Kier alpha value is -1.75. The molecule has 1 aromatic rings. The maximum absolute atomic E-state index is 11.7. The third-order valence-electron chi connectivity index (χ3n) is 3.76. The molecule has 1 saturated carbocycles. The highest BCUT2D eigenvalue weighted by molar-refractivity contribution is 5.75. The first-order valence-corrected chi connectivity index (χ1v) is 7.39. The third-order valence-corrected chi connectivity index (χ3v) is 3.76. The molecular weight excluding hydrogens is 270 g/mol. The molecule has 0 spiro atoms. The van der Waals surface area contributed by atoms with Gasteiger partial charge in [-0.15, -0.1) is 0 Å². The van der Waals surface area contributed by atoms with Gasteiger partial charge in [-0.2, -0.15) is 0 Å². The Labute approximate surface area is 125 Å². The third kappa shape index (κ3) is 5.27. The summed E-state index contributed by atoms with van der Waals surface area (Å²) in [4.78, 5) is 11.7. The van der Waals surface area contributed by atoms with Gasteiger partial charge in [0.1, 0.15) is 11.5 Å². The van der Waals surface area contributed by atoms with Crippen LogP contribution in [-0.4, -0.2) is 37.4 Å². The first kappa shape index (κ1) is 15.6. The van der Waals surface area contributed by atoms with Gasteiger partial charge >= 0.3 is 0 Å². The molecule has 2 atom stereocenters. The topological polar surface area (TPSA) is 67.8 Å². The molecule has 1 amide bonds. The zero-order chi connectivity index (χ0) is 15.1. The lowest BCUT2D eigenvalue weighted by Gasteiger charge is -2.11. The summed E-state index contributed by atoms with van der Waals surface area (Å²) in [5, 5.41) is 12.3. The molecule has 0 radical (unpaired) electrons. The molecule has 0 aliphatic heterocycles. The van der Waals surface area contributed by atoms with Crippen molar-refractivity contribution in [3.63, 3.8) is 0 Å². The molecule has 0 aromatic heterocycles. The van der Waals surface area contributed by atoms with Crippen LogP contribution in [0.1, 0.15) is 25.7 Å². The van der Waals surface area contributed by atoms with E-state index in [1.165, 1.54) is 0 Å². The van der Waals surface area contributed by atoms with E-state index in [2.05, 4.69) is 5.32 Å². The fourth-order valence-electron chi connectivity index (χ4n) is 2.51. The number of hydrogen-bond donors (Lipinski definition) is 2. The molecule has 0 saturated heterocycles. The van der Waals surface area contributed by atoms with Gasteiger partial charge in [-0.05, 0) is 49.4 Å². The van der Waals surface area contributed by atoms with E-state index in [0.717, 1.165) is 30.8 Å². The summed E-state index contributed by atoms with van der Waals surface area (Å²) in [5.41, 5.74) is 0. The van der Waals surface area contributed by atoms with Crippen LogP contribution < -0.4 is 14.8 Å². The Kier molecular flexibility index (Phi) is 5.87. The number of rotatable bonds is 7. The fraction of sp³-hybridized carbons (Fsp3) is 0.562. The highest BCUT2D eigenvalue weighted by atomic mass is 16.5. The standard InChI is InChI=1S/C16H23NO4/c1-20-14-4-6-15(7-5-14)21-9-8-16(19)17-11-12-2-3-13(18)10-12/h4-7,12-13,18H,2-3,8-11H2,1H3,(H,17,19). The van der Waals surface area contributed by atoms with Gasteiger partial charge in [0.25, 0.3) is 0 Å². The predicted octanol–water partition coefficient (Wildman–Crippen LogP) is 1.74. The first-order valence-electron chi connectivity index (χ1n) is 7.39. The van der Waals surface area contributed by atoms with Gasteiger partial charge in [0.2, 0.25) is 5.91 Å². The molecule has 2 unspecified atom stereocenters. The second-order valence-corrected chi connectivity index (χ2v) is 5.41. The molecule has 1 aliphatic carbocycles. The molecule has 2 N–H and O–H groups in total. The summed E-state index contributed by atoms with van der Waals surface area (Å²) >= 11 is 0. The van der Waals surface area contributed by atoms with E-state index in [4.69, 9.17) is 9.47 Å². The predicted molar refractivity (Wildman–Crippen MR) is 79.5 cm³/mol. The molecule has 0 heterocycles. The van der Waals surface area contributed by atoms with Crippen molar-refractivity contribution < 1.29 is 19.4 Å². The summed E-state index contributed by atoms with van der Waals surface area (Å²) in [6.07, 6.45) is 2.78. The number of carbonyl (C=O) groups excluding carboxylic acids is 1. The highest BCUT2D eigenvalue weighted by Gasteiger charge is 2.22. The van der Waals surface area contributed by atoms with E-state index in [1.807, 2.05) is 24.3 Å². The van der Waals surface area contributed by atoms with Gasteiger partial charge in [-0.25, -0.2) is 0 Å². The monoisotopic (exact) mass is 293 g/mol. The van der Waals surface area contributed by atoms with Crippen molar-refractivity contribution >= 4 is 5.91 Å². The Morgan fingerprint density at radius 1 is 1.29 bits per heavy atom. The van der Waals surface area contributed by atoms with E-state index in [0.29, 0.717) is 25.5 Å². The van der Waals surface area contributed by atoms with Crippen LogP contribution >= 0.6 is 0 Å². The van der Waals surface area contributed by atoms with Gasteiger partial charge in [0.15, 0.2) is 0 Å². The number of amides is 1. The number of aliphatic hydroxyl groups excluding tert-OH is 1. The Bertz CT molecular complexity index is 446. The zero-order valence-corrected chi connectivity index (χ0v) is 12.4. The summed E-state index contributed by atoms with van der Waals surface area (Å²) < 4.78 is 10.6. The lowest BCUT2D eigenvalue weighted by molar-refractivity contribution is -0.121. The van der Waals surface area contributed by atoms with E-state index in [9.17, 15) is 9.90 Å². The van der Waals surface area contributed by atoms with Crippen LogP contribution in [0, 0.1) is 5.92 Å². The average molecular weight is 293 g/mol. The molecule has 2 rings (SSSR count). The summed E-state index contributed by atoms with van der Waals surface area (Å²) in [5.74, 6) is 1.90. The Balaban J connectivity index is 1.60. The number of aliphatic hydroxyl groups is 1. The average Bonchev–Trinajstić information content (AvgIpc) is 2.91. The quantitative estimate of drug-likeness (QED) is 0.803. The summed E-state index contributed by atoms with van der Waals surface area (Å²) in [7, 11) is 1.61. The van der Waals surface area contributed by atoms with Gasteiger partial charge in [0.05, 0.1) is 26.2 Å². The number of ether oxygens (including phenoxy) is 2. The van der Waals surface area contributed by atoms with Crippen LogP contribution in [0.15, 0.2) is 24.3 Å². The van der Waals surface area contributed by atoms with E-state index < -0.39 is 0 Å². The number of methoxy groups -OCH3 is 1. The molecule has 116 valence electrons. The van der Waals surface area contributed by atoms with Crippen molar-refractivity contribution in [1.29, 1.82) is 0 Å². The van der Waals surface area contributed by atoms with Crippen LogP contribution in [0.4, 0.5) is 0 Å². The second kappa shape index (κ2) is 7.88. The van der Waals surface area contributed by atoms with Crippen molar-refractivity contribution in [3.05, 3.63) is 24.3 Å². The second-order valence-electron chi connectivity index (χ2n) is 5.41. The van der Waals surface area contributed by atoms with E-state index >= 15 is 0 Å². The number of hydrogen-bond acceptors (Lipinski definition) is 4. The van der Waals surface area contributed by atoms with E-state index in [1.54, 1.807) is 7.11 Å². The minimum atomic E-state index is -0.190. The van der Waals surface area contributed by atoms with Crippen molar-refractivity contribution in [3.8, 4) is 11.5 Å². The maximum atomic E-state index is 11.7. The zero-order valence-electron chi connectivity index (χ0n) is 12.4. The minimum Gasteiger partial charge on any atom is -0.497 e. The Morgan fingerprint density at radius 3 is 2.62 bits per heavy atom. The number of nitrogens with one attached hydrogen (secondary N) is 1. The number of carbonyl (C=O) groups is 1. The fourth-order valence-corrected chi connectivity index (χ4v) is 2.51. The van der Waals surface area contributed by atoms with Crippen LogP contribution in [0.2, 0.25) is 0 Å². The Morgan fingerprint density at radius 2 is 2.00 bits per heavy atom. The lowest BCUT2D eigenvalue weighted by Crippen LogP contribution is -2.29. The van der Waals surface area contributed by atoms with Gasteiger partial charge < -0.3 is 19.9 Å². The minimum absolute atomic E-state index is 0.00935.